The summed E-state index contributed by atoms with van der Waals surface area (Å²) in [5.41, 5.74) is 2.59. The highest BCUT2D eigenvalue weighted by Gasteiger charge is 2.27. The SMILES string of the molecule is CCN(CC)CCNC(=O)c1ccc(Nc2ncc3c(n2)N(c2ccc(OC)cc2)CCC(=O)N3C)c(OC)c1. The molecule has 2 N–H and O–H groups in total. The summed E-state index contributed by atoms with van der Waals surface area (Å²) in [6.45, 7) is 7.90. The number of carbonyl (C=O) groups excluding carboxylic acids is 2. The van der Waals surface area contributed by atoms with E-state index in [0.29, 0.717) is 54.0 Å². The Balaban J connectivity index is 1.57. The number of ether oxygens (including phenoxy) is 2. The fourth-order valence-electron chi connectivity index (χ4n) is 4.52. The summed E-state index contributed by atoms with van der Waals surface area (Å²) in [4.78, 5) is 40.5. The van der Waals surface area contributed by atoms with Crippen molar-refractivity contribution in [1.82, 2.24) is 20.2 Å². The van der Waals surface area contributed by atoms with Gasteiger partial charge in [0.05, 0.1) is 26.1 Å². The van der Waals surface area contributed by atoms with E-state index in [4.69, 9.17) is 14.5 Å². The third kappa shape index (κ3) is 6.42. The smallest absolute Gasteiger partial charge is 0.251 e. The molecule has 0 fully saturated rings. The Labute approximate surface area is 235 Å². The van der Waals surface area contributed by atoms with E-state index in [-0.39, 0.29) is 11.8 Å². The number of fused-ring (bicyclic) bond motifs is 1. The van der Waals surface area contributed by atoms with Crippen LogP contribution >= 0.6 is 0 Å². The Hall–Kier alpha value is -4.38. The molecule has 0 bridgehead atoms. The molecule has 212 valence electrons. The summed E-state index contributed by atoms with van der Waals surface area (Å²) < 4.78 is 10.9. The summed E-state index contributed by atoms with van der Waals surface area (Å²) in [6.07, 6.45) is 1.96. The molecule has 0 radical (unpaired) electrons. The Morgan fingerprint density at radius 2 is 1.82 bits per heavy atom. The first-order valence-corrected chi connectivity index (χ1v) is 13.4. The van der Waals surface area contributed by atoms with Crippen LogP contribution in [0.3, 0.4) is 0 Å². The van der Waals surface area contributed by atoms with Crippen molar-refractivity contribution in [2.75, 3.05) is 69.1 Å². The molecule has 1 aromatic heterocycles. The Morgan fingerprint density at radius 3 is 2.50 bits per heavy atom. The lowest BCUT2D eigenvalue weighted by atomic mass is 10.1. The van der Waals surface area contributed by atoms with Gasteiger partial charge in [-0.1, -0.05) is 13.8 Å². The lowest BCUT2D eigenvalue weighted by Gasteiger charge is -2.24. The molecule has 4 rings (SSSR count). The number of nitrogens with one attached hydrogen (secondary N) is 2. The van der Waals surface area contributed by atoms with Crippen molar-refractivity contribution in [3.63, 3.8) is 0 Å². The Bertz CT molecular complexity index is 1330. The van der Waals surface area contributed by atoms with E-state index in [0.717, 1.165) is 31.1 Å². The molecule has 0 unspecified atom stereocenters. The van der Waals surface area contributed by atoms with Crippen molar-refractivity contribution in [1.29, 1.82) is 0 Å². The number of carbonyl (C=O) groups is 2. The molecule has 2 aromatic carbocycles. The van der Waals surface area contributed by atoms with Gasteiger partial charge in [-0.2, -0.15) is 4.98 Å². The molecule has 0 saturated heterocycles. The van der Waals surface area contributed by atoms with Crippen LogP contribution in [0.4, 0.5) is 28.8 Å². The van der Waals surface area contributed by atoms with Crippen LogP contribution in [0.25, 0.3) is 0 Å². The van der Waals surface area contributed by atoms with Crippen molar-refractivity contribution < 1.29 is 19.1 Å². The van der Waals surface area contributed by atoms with E-state index >= 15 is 0 Å². The van der Waals surface area contributed by atoms with Crippen LogP contribution < -0.4 is 29.9 Å². The highest BCUT2D eigenvalue weighted by Crippen LogP contribution is 2.37. The van der Waals surface area contributed by atoms with E-state index in [1.165, 1.54) is 0 Å². The molecule has 40 heavy (non-hydrogen) atoms. The van der Waals surface area contributed by atoms with Gasteiger partial charge in [-0.25, -0.2) is 4.98 Å². The predicted molar refractivity (Wildman–Crippen MR) is 156 cm³/mol. The molecule has 0 atom stereocenters. The molecule has 1 aliphatic rings. The molecule has 11 nitrogen and oxygen atoms in total. The third-order valence-corrected chi connectivity index (χ3v) is 6.99. The van der Waals surface area contributed by atoms with Gasteiger partial charge in [0.25, 0.3) is 5.91 Å². The number of hydrogen-bond acceptors (Lipinski definition) is 9. The number of likely N-dealkylation sites (N-methyl/N-ethyl adjacent to an activating group) is 1. The molecule has 3 aromatic rings. The van der Waals surface area contributed by atoms with Gasteiger partial charge in [-0.3, -0.25) is 9.59 Å². The normalized spacial score (nSPS) is 13.1. The summed E-state index contributed by atoms with van der Waals surface area (Å²) in [7, 11) is 4.90. The molecular weight excluding hydrogens is 510 g/mol. The van der Waals surface area contributed by atoms with Gasteiger partial charge in [0.15, 0.2) is 5.82 Å². The second-order valence-electron chi connectivity index (χ2n) is 9.28. The van der Waals surface area contributed by atoms with E-state index < -0.39 is 0 Å². The lowest BCUT2D eigenvalue weighted by molar-refractivity contribution is -0.118. The molecule has 11 heteroatoms. The van der Waals surface area contributed by atoms with E-state index in [1.54, 1.807) is 50.6 Å². The number of nitrogens with zero attached hydrogens (tertiary/aromatic N) is 5. The van der Waals surface area contributed by atoms with Gasteiger partial charge in [0.2, 0.25) is 11.9 Å². The van der Waals surface area contributed by atoms with Crippen LogP contribution in [-0.2, 0) is 4.79 Å². The van der Waals surface area contributed by atoms with Crippen molar-refractivity contribution in [2.45, 2.75) is 20.3 Å². The highest BCUT2D eigenvalue weighted by molar-refractivity contribution is 5.98. The number of aromatic nitrogens is 2. The fourth-order valence-corrected chi connectivity index (χ4v) is 4.52. The van der Waals surface area contributed by atoms with Crippen LogP contribution in [0, 0.1) is 0 Å². The quantitative estimate of drug-likeness (QED) is 0.370. The minimum atomic E-state index is -0.166. The molecule has 0 spiro atoms. The zero-order valence-electron chi connectivity index (χ0n) is 23.7. The topological polar surface area (TPSA) is 112 Å². The zero-order chi connectivity index (χ0) is 28.6. The fraction of sp³-hybridized carbons (Fsp3) is 0.379. The van der Waals surface area contributed by atoms with E-state index in [2.05, 4.69) is 34.4 Å². The second-order valence-corrected chi connectivity index (χ2v) is 9.28. The zero-order valence-corrected chi connectivity index (χ0v) is 23.7. The number of amides is 2. The summed E-state index contributed by atoms with van der Waals surface area (Å²) >= 11 is 0. The van der Waals surface area contributed by atoms with Crippen LogP contribution in [-0.4, -0.2) is 80.7 Å². The van der Waals surface area contributed by atoms with Gasteiger partial charge in [0, 0.05) is 44.4 Å². The summed E-state index contributed by atoms with van der Waals surface area (Å²) in [5, 5.41) is 6.18. The second kappa shape index (κ2) is 13.1. The van der Waals surface area contributed by atoms with Crippen molar-refractivity contribution in [2.24, 2.45) is 0 Å². The molecule has 1 aliphatic heterocycles. The molecule has 2 amide bonds. The van der Waals surface area contributed by atoms with Crippen molar-refractivity contribution >= 4 is 40.6 Å². The minimum Gasteiger partial charge on any atom is -0.497 e. The lowest BCUT2D eigenvalue weighted by Crippen LogP contribution is -2.34. The molecular formula is C29H37N7O4. The van der Waals surface area contributed by atoms with Gasteiger partial charge >= 0.3 is 0 Å². The van der Waals surface area contributed by atoms with Crippen molar-refractivity contribution in [3.8, 4) is 11.5 Å². The Morgan fingerprint density at radius 1 is 1.07 bits per heavy atom. The minimum absolute atomic E-state index is 0.0193. The Kier molecular flexibility index (Phi) is 9.39. The maximum atomic E-state index is 12.7. The first-order valence-electron chi connectivity index (χ1n) is 13.4. The predicted octanol–water partition coefficient (Wildman–Crippen LogP) is 3.81. The van der Waals surface area contributed by atoms with Gasteiger partial charge in [-0.15, -0.1) is 0 Å². The number of methoxy groups -OCH3 is 2. The van der Waals surface area contributed by atoms with Gasteiger partial charge < -0.3 is 34.8 Å². The molecule has 0 aliphatic carbocycles. The standard InChI is InChI=1S/C29H37N7O4/c1-6-35(7-2)17-15-30-28(38)20-8-13-23(25(18-20)40-5)32-29-31-19-24-27(33-29)36(16-14-26(37)34(24)3)21-9-11-22(39-4)12-10-21/h8-13,18-19H,6-7,14-17H2,1-5H3,(H,30,38)(H,31,32,33). The maximum absolute atomic E-state index is 12.7. The van der Waals surface area contributed by atoms with E-state index in [9.17, 15) is 9.59 Å². The van der Waals surface area contributed by atoms with Crippen LogP contribution in [0.15, 0.2) is 48.7 Å². The number of benzene rings is 2. The van der Waals surface area contributed by atoms with E-state index in [1.807, 2.05) is 29.2 Å². The largest absolute Gasteiger partial charge is 0.497 e. The van der Waals surface area contributed by atoms with Crippen LogP contribution in [0.5, 0.6) is 11.5 Å². The van der Waals surface area contributed by atoms with Crippen LogP contribution in [0.2, 0.25) is 0 Å². The monoisotopic (exact) mass is 547 g/mol. The maximum Gasteiger partial charge on any atom is 0.251 e. The van der Waals surface area contributed by atoms with Gasteiger partial charge in [-0.05, 0) is 55.6 Å². The van der Waals surface area contributed by atoms with Crippen LogP contribution in [0.1, 0.15) is 30.6 Å². The third-order valence-electron chi connectivity index (χ3n) is 6.99. The summed E-state index contributed by atoms with van der Waals surface area (Å²) in [6, 6.07) is 12.8. The number of rotatable bonds is 11. The number of anilines is 5. The van der Waals surface area contributed by atoms with Gasteiger partial charge in [0.1, 0.15) is 17.2 Å². The first kappa shape index (κ1) is 28.6. The average molecular weight is 548 g/mol. The molecule has 2 heterocycles. The first-order chi connectivity index (χ1) is 19.4. The molecule has 0 saturated carbocycles. The number of hydrogen-bond donors (Lipinski definition) is 2. The average Bonchev–Trinajstić information content (AvgIpc) is 3.11. The highest BCUT2D eigenvalue weighted by atomic mass is 16.5. The summed E-state index contributed by atoms with van der Waals surface area (Å²) in [5.74, 6) is 1.96. The van der Waals surface area contributed by atoms with Crippen molar-refractivity contribution in [3.05, 3.63) is 54.2 Å².